The summed E-state index contributed by atoms with van der Waals surface area (Å²) < 4.78 is 0. The Bertz CT molecular complexity index is 148. The first kappa shape index (κ1) is 8.89. The number of thioether (sulfide) groups is 1. The number of nitrogens with two attached hydrogens (primary N) is 1. The highest BCUT2D eigenvalue weighted by atomic mass is 32.2. The van der Waals surface area contributed by atoms with E-state index in [1.165, 1.54) is 50.0 Å². The van der Waals surface area contributed by atoms with Crippen LogP contribution in [0.25, 0.3) is 0 Å². The van der Waals surface area contributed by atoms with Crippen molar-refractivity contribution in [2.45, 2.75) is 44.1 Å². The van der Waals surface area contributed by atoms with Gasteiger partial charge in [0.2, 0.25) is 0 Å². The Morgan fingerprint density at radius 1 is 1.42 bits per heavy atom. The van der Waals surface area contributed by atoms with Gasteiger partial charge < -0.3 is 5.73 Å². The van der Waals surface area contributed by atoms with Crippen molar-refractivity contribution in [3.8, 4) is 0 Å². The van der Waals surface area contributed by atoms with Crippen LogP contribution in [-0.2, 0) is 0 Å². The zero-order valence-corrected chi connectivity index (χ0v) is 8.54. The fourth-order valence-corrected chi connectivity index (χ4v) is 3.14. The average Bonchev–Trinajstić information content (AvgIpc) is 2.84. The Balaban J connectivity index is 1.65. The second kappa shape index (κ2) is 3.59. The molecule has 0 radical (unpaired) electrons. The van der Waals surface area contributed by atoms with E-state index in [0.717, 1.165) is 5.92 Å². The van der Waals surface area contributed by atoms with Crippen molar-refractivity contribution in [1.82, 2.24) is 0 Å². The molecule has 2 aliphatic rings. The van der Waals surface area contributed by atoms with Crippen LogP contribution in [-0.4, -0.2) is 17.0 Å². The molecule has 2 heteroatoms. The van der Waals surface area contributed by atoms with E-state index in [-0.39, 0.29) is 0 Å². The van der Waals surface area contributed by atoms with Gasteiger partial charge >= 0.3 is 0 Å². The molecule has 1 aliphatic carbocycles. The maximum Gasteiger partial charge on any atom is 0.0155 e. The van der Waals surface area contributed by atoms with Crippen molar-refractivity contribution in [2.75, 3.05) is 11.5 Å². The van der Waals surface area contributed by atoms with Gasteiger partial charge in [-0.2, -0.15) is 11.8 Å². The van der Waals surface area contributed by atoms with Gasteiger partial charge in [-0.1, -0.05) is 0 Å². The van der Waals surface area contributed by atoms with E-state index in [2.05, 4.69) is 11.8 Å². The highest BCUT2D eigenvalue weighted by molar-refractivity contribution is 7.99. The smallest absolute Gasteiger partial charge is 0.0155 e. The maximum absolute atomic E-state index is 6.06. The van der Waals surface area contributed by atoms with Gasteiger partial charge in [0.25, 0.3) is 0 Å². The molecular formula is C10H19NS. The molecule has 0 bridgehead atoms. The SMILES string of the molecule is NC1(CCC2CCCSC2)CC1. The van der Waals surface area contributed by atoms with Gasteiger partial charge in [-0.3, -0.25) is 0 Å². The summed E-state index contributed by atoms with van der Waals surface area (Å²) in [4.78, 5) is 0. The Labute approximate surface area is 79.5 Å². The minimum Gasteiger partial charge on any atom is -0.325 e. The lowest BCUT2D eigenvalue weighted by Crippen LogP contribution is -2.23. The summed E-state index contributed by atoms with van der Waals surface area (Å²) in [5.74, 6) is 3.78. The topological polar surface area (TPSA) is 26.0 Å². The van der Waals surface area contributed by atoms with E-state index in [4.69, 9.17) is 5.73 Å². The Morgan fingerprint density at radius 2 is 2.25 bits per heavy atom. The minimum absolute atomic E-state index is 0.294. The Kier molecular flexibility index (Phi) is 2.66. The quantitative estimate of drug-likeness (QED) is 0.730. The number of hydrogen-bond donors (Lipinski definition) is 1. The van der Waals surface area contributed by atoms with Crippen molar-refractivity contribution >= 4 is 11.8 Å². The van der Waals surface area contributed by atoms with Crippen LogP contribution < -0.4 is 5.73 Å². The van der Waals surface area contributed by atoms with Crippen molar-refractivity contribution in [3.63, 3.8) is 0 Å². The molecule has 2 rings (SSSR count). The normalized spacial score (nSPS) is 33.2. The van der Waals surface area contributed by atoms with E-state index in [1.54, 1.807) is 0 Å². The molecule has 0 amide bonds. The highest BCUT2D eigenvalue weighted by Crippen LogP contribution is 2.39. The van der Waals surface area contributed by atoms with Gasteiger partial charge in [0.15, 0.2) is 0 Å². The van der Waals surface area contributed by atoms with Crippen molar-refractivity contribution in [2.24, 2.45) is 11.7 Å². The Hall–Kier alpha value is 0.310. The largest absolute Gasteiger partial charge is 0.325 e. The van der Waals surface area contributed by atoms with Gasteiger partial charge in [0, 0.05) is 5.54 Å². The van der Waals surface area contributed by atoms with Crippen LogP contribution in [0.5, 0.6) is 0 Å². The molecule has 1 atom stereocenters. The number of rotatable bonds is 3. The third-order valence-electron chi connectivity index (χ3n) is 3.20. The second-order valence-corrected chi connectivity index (χ2v) is 5.63. The molecule has 2 fully saturated rings. The maximum atomic E-state index is 6.06. The summed E-state index contributed by atoms with van der Waals surface area (Å²) in [5, 5.41) is 0. The first-order valence-electron chi connectivity index (χ1n) is 5.15. The molecule has 0 aromatic heterocycles. The predicted molar refractivity (Wildman–Crippen MR) is 55.4 cm³/mol. The number of hydrogen-bond acceptors (Lipinski definition) is 2. The molecule has 1 saturated carbocycles. The summed E-state index contributed by atoms with van der Waals surface area (Å²) in [6.07, 6.45) is 8.15. The lowest BCUT2D eigenvalue weighted by molar-refractivity contribution is 0.433. The first-order chi connectivity index (χ1) is 5.79. The van der Waals surface area contributed by atoms with E-state index >= 15 is 0 Å². The lowest BCUT2D eigenvalue weighted by Gasteiger charge is -2.22. The summed E-state index contributed by atoms with van der Waals surface area (Å²) >= 11 is 2.13. The van der Waals surface area contributed by atoms with E-state index < -0.39 is 0 Å². The lowest BCUT2D eigenvalue weighted by atomic mass is 9.96. The minimum atomic E-state index is 0.294. The monoisotopic (exact) mass is 185 g/mol. The van der Waals surface area contributed by atoms with Crippen LogP contribution >= 0.6 is 11.8 Å². The third kappa shape index (κ3) is 2.40. The molecule has 0 spiro atoms. The summed E-state index contributed by atoms with van der Waals surface area (Å²) in [6, 6.07) is 0. The van der Waals surface area contributed by atoms with E-state index in [1.807, 2.05) is 0 Å². The average molecular weight is 185 g/mol. The van der Waals surface area contributed by atoms with Crippen LogP contribution in [0.2, 0.25) is 0 Å². The first-order valence-corrected chi connectivity index (χ1v) is 6.31. The van der Waals surface area contributed by atoms with Crippen LogP contribution in [0.3, 0.4) is 0 Å². The third-order valence-corrected chi connectivity index (χ3v) is 4.48. The summed E-state index contributed by atoms with van der Waals surface area (Å²) in [5.41, 5.74) is 6.35. The molecule has 2 N–H and O–H groups in total. The molecular weight excluding hydrogens is 166 g/mol. The molecule has 1 unspecified atom stereocenters. The molecule has 1 saturated heterocycles. The predicted octanol–water partition coefficient (Wildman–Crippen LogP) is 2.40. The van der Waals surface area contributed by atoms with Gasteiger partial charge in [-0.05, 0) is 55.9 Å². The van der Waals surface area contributed by atoms with Gasteiger partial charge in [0.1, 0.15) is 0 Å². The molecule has 1 heterocycles. The zero-order chi connectivity index (χ0) is 8.44. The van der Waals surface area contributed by atoms with Crippen LogP contribution in [0.15, 0.2) is 0 Å². The fraction of sp³-hybridized carbons (Fsp3) is 1.00. The van der Waals surface area contributed by atoms with Gasteiger partial charge in [-0.15, -0.1) is 0 Å². The van der Waals surface area contributed by atoms with Crippen LogP contribution in [0, 0.1) is 5.92 Å². The second-order valence-electron chi connectivity index (χ2n) is 4.48. The molecule has 12 heavy (non-hydrogen) atoms. The van der Waals surface area contributed by atoms with Gasteiger partial charge in [-0.25, -0.2) is 0 Å². The van der Waals surface area contributed by atoms with Gasteiger partial charge in [0.05, 0.1) is 0 Å². The van der Waals surface area contributed by atoms with Crippen LogP contribution in [0.1, 0.15) is 38.5 Å². The molecule has 1 aliphatic heterocycles. The molecule has 1 nitrogen and oxygen atoms in total. The van der Waals surface area contributed by atoms with Crippen molar-refractivity contribution in [3.05, 3.63) is 0 Å². The summed E-state index contributed by atoms with van der Waals surface area (Å²) in [6.45, 7) is 0. The van der Waals surface area contributed by atoms with Crippen molar-refractivity contribution < 1.29 is 0 Å². The highest BCUT2D eigenvalue weighted by Gasteiger charge is 2.37. The fourth-order valence-electron chi connectivity index (χ4n) is 1.94. The Morgan fingerprint density at radius 3 is 2.83 bits per heavy atom. The van der Waals surface area contributed by atoms with E-state index in [0.29, 0.717) is 5.54 Å². The van der Waals surface area contributed by atoms with Crippen molar-refractivity contribution in [1.29, 1.82) is 0 Å². The van der Waals surface area contributed by atoms with Crippen LogP contribution in [0.4, 0.5) is 0 Å². The molecule has 0 aromatic carbocycles. The molecule has 0 aromatic rings. The molecule has 70 valence electrons. The standard InChI is InChI=1S/C10H19NS/c11-10(5-6-10)4-3-9-2-1-7-12-8-9/h9H,1-8,11H2. The van der Waals surface area contributed by atoms with E-state index in [9.17, 15) is 0 Å². The summed E-state index contributed by atoms with van der Waals surface area (Å²) in [7, 11) is 0. The zero-order valence-electron chi connectivity index (χ0n) is 7.72.